The second kappa shape index (κ2) is 5.76. The molecule has 0 radical (unpaired) electrons. The number of nitrogen functional groups attached to an aromatic ring is 1. The summed E-state index contributed by atoms with van der Waals surface area (Å²) in [5.41, 5.74) is 5.77. The van der Waals surface area contributed by atoms with Crippen molar-refractivity contribution in [2.24, 2.45) is 0 Å². The number of halogens is 1. The molecular formula is C12H18FN3O3S. The second-order valence-electron chi connectivity index (χ2n) is 4.69. The number of benzene rings is 1. The highest BCUT2D eigenvalue weighted by atomic mass is 32.2. The van der Waals surface area contributed by atoms with Crippen molar-refractivity contribution in [1.82, 2.24) is 9.62 Å². The molecule has 1 aromatic rings. The van der Waals surface area contributed by atoms with Crippen LogP contribution in [0.15, 0.2) is 17.0 Å². The van der Waals surface area contributed by atoms with E-state index in [1.54, 1.807) is 0 Å². The second-order valence-corrected chi connectivity index (χ2v) is 6.41. The minimum atomic E-state index is -4.02. The van der Waals surface area contributed by atoms with E-state index in [2.05, 4.69) is 4.72 Å². The van der Waals surface area contributed by atoms with Crippen LogP contribution in [0, 0.1) is 12.7 Å². The maximum Gasteiger partial charge on any atom is 0.241 e. The number of nitrogens with one attached hydrogen (secondary N) is 1. The number of likely N-dealkylation sites (N-methyl/N-ethyl adjacent to an activating group) is 1. The molecule has 3 N–H and O–H groups in total. The molecule has 0 bridgehead atoms. The molecule has 1 unspecified atom stereocenters. The smallest absolute Gasteiger partial charge is 0.241 e. The lowest BCUT2D eigenvalue weighted by molar-refractivity contribution is -0.130. The van der Waals surface area contributed by atoms with Gasteiger partial charge in [0.1, 0.15) is 5.82 Å². The number of carbonyl (C=O) groups excluding carboxylic acids is 1. The largest absolute Gasteiger partial charge is 0.398 e. The number of amides is 1. The van der Waals surface area contributed by atoms with Crippen molar-refractivity contribution >= 4 is 21.6 Å². The van der Waals surface area contributed by atoms with Crippen LogP contribution < -0.4 is 10.5 Å². The van der Waals surface area contributed by atoms with Crippen molar-refractivity contribution in [2.45, 2.75) is 24.8 Å². The summed E-state index contributed by atoms with van der Waals surface area (Å²) in [5, 5.41) is 0. The zero-order valence-corrected chi connectivity index (χ0v) is 12.6. The molecule has 0 aliphatic heterocycles. The predicted molar refractivity (Wildman–Crippen MR) is 74.0 cm³/mol. The van der Waals surface area contributed by atoms with Gasteiger partial charge in [0.15, 0.2) is 0 Å². The minimum Gasteiger partial charge on any atom is -0.398 e. The molecule has 6 nitrogen and oxygen atoms in total. The Labute approximate surface area is 117 Å². The summed E-state index contributed by atoms with van der Waals surface area (Å²) in [5.74, 6) is -1.12. The van der Waals surface area contributed by atoms with Crippen molar-refractivity contribution in [1.29, 1.82) is 0 Å². The Balaban J connectivity index is 3.09. The Kier molecular flexibility index (Phi) is 4.72. The van der Waals surface area contributed by atoms with Crippen LogP contribution in [-0.2, 0) is 14.8 Å². The number of hydrogen-bond acceptors (Lipinski definition) is 4. The van der Waals surface area contributed by atoms with Gasteiger partial charge in [0.2, 0.25) is 15.9 Å². The first-order chi connectivity index (χ1) is 9.06. The van der Waals surface area contributed by atoms with Gasteiger partial charge in [0.05, 0.1) is 10.9 Å². The Morgan fingerprint density at radius 1 is 1.40 bits per heavy atom. The van der Waals surface area contributed by atoms with Crippen LogP contribution in [0.3, 0.4) is 0 Å². The van der Waals surface area contributed by atoms with E-state index in [-0.39, 0.29) is 16.1 Å². The Hall–Kier alpha value is -1.67. The van der Waals surface area contributed by atoms with E-state index in [1.165, 1.54) is 32.8 Å². The lowest BCUT2D eigenvalue weighted by Crippen LogP contribution is -2.44. The summed E-state index contributed by atoms with van der Waals surface area (Å²) in [6.07, 6.45) is 0. The van der Waals surface area contributed by atoms with Crippen LogP contribution in [0.2, 0.25) is 0 Å². The molecule has 0 saturated heterocycles. The van der Waals surface area contributed by atoms with E-state index >= 15 is 0 Å². The van der Waals surface area contributed by atoms with E-state index in [4.69, 9.17) is 5.73 Å². The molecule has 1 atom stereocenters. The number of rotatable bonds is 4. The third kappa shape index (κ3) is 3.45. The van der Waals surface area contributed by atoms with E-state index in [9.17, 15) is 17.6 Å². The molecule has 0 aromatic heterocycles. The summed E-state index contributed by atoms with van der Waals surface area (Å²) in [6, 6.07) is 1.08. The summed E-state index contributed by atoms with van der Waals surface area (Å²) < 4.78 is 39.9. The molecule has 0 fully saturated rings. The fourth-order valence-corrected chi connectivity index (χ4v) is 2.81. The zero-order valence-electron chi connectivity index (χ0n) is 11.8. The van der Waals surface area contributed by atoms with Gasteiger partial charge in [-0.1, -0.05) is 0 Å². The van der Waals surface area contributed by atoms with Crippen LogP contribution in [0.4, 0.5) is 10.1 Å². The lowest BCUT2D eigenvalue weighted by atomic mass is 10.2. The van der Waals surface area contributed by atoms with Gasteiger partial charge in [-0.2, -0.15) is 4.72 Å². The standard InChI is InChI=1S/C12H18FN3O3S/c1-7-10(13)5-9(6-11(7)14)20(18,19)15-8(2)12(17)16(3)4/h5-6,8,15H,14H2,1-4H3. The third-order valence-electron chi connectivity index (χ3n) is 2.81. The molecule has 0 heterocycles. The van der Waals surface area contributed by atoms with Crippen molar-refractivity contribution in [3.63, 3.8) is 0 Å². The van der Waals surface area contributed by atoms with Crippen molar-refractivity contribution in [3.8, 4) is 0 Å². The molecule has 20 heavy (non-hydrogen) atoms. The Bertz CT molecular complexity index is 606. The molecule has 1 rings (SSSR count). The highest BCUT2D eigenvalue weighted by molar-refractivity contribution is 7.89. The van der Waals surface area contributed by atoms with Gasteiger partial charge >= 0.3 is 0 Å². The van der Waals surface area contributed by atoms with Gasteiger partial charge < -0.3 is 10.6 Å². The number of hydrogen-bond donors (Lipinski definition) is 2. The number of nitrogens with two attached hydrogens (primary N) is 1. The first-order valence-corrected chi connectivity index (χ1v) is 7.33. The predicted octanol–water partition coefficient (Wildman–Crippen LogP) is 0.471. The monoisotopic (exact) mass is 303 g/mol. The first kappa shape index (κ1) is 16.4. The van der Waals surface area contributed by atoms with Crippen LogP contribution in [0.25, 0.3) is 0 Å². The first-order valence-electron chi connectivity index (χ1n) is 5.85. The number of anilines is 1. The van der Waals surface area contributed by atoms with Crippen LogP contribution in [-0.4, -0.2) is 39.4 Å². The minimum absolute atomic E-state index is 0.0389. The van der Waals surface area contributed by atoms with Gasteiger partial charge in [-0.3, -0.25) is 4.79 Å². The van der Waals surface area contributed by atoms with Gasteiger partial charge in [-0.05, 0) is 26.0 Å². The van der Waals surface area contributed by atoms with E-state index in [0.29, 0.717) is 0 Å². The van der Waals surface area contributed by atoms with E-state index < -0.39 is 27.8 Å². The van der Waals surface area contributed by atoms with E-state index in [1.807, 2.05) is 0 Å². The fraction of sp³-hybridized carbons (Fsp3) is 0.417. The Morgan fingerprint density at radius 2 is 1.95 bits per heavy atom. The average molecular weight is 303 g/mol. The van der Waals surface area contributed by atoms with Gasteiger partial charge in [0.25, 0.3) is 0 Å². The molecule has 8 heteroatoms. The average Bonchev–Trinajstić information content (AvgIpc) is 2.33. The quantitative estimate of drug-likeness (QED) is 0.791. The van der Waals surface area contributed by atoms with E-state index in [0.717, 1.165) is 12.1 Å². The van der Waals surface area contributed by atoms with Crippen LogP contribution in [0.1, 0.15) is 12.5 Å². The van der Waals surface area contributed by atoms with Gasteiger partial charge in [-0.25, -0.2) is 12.8 Å². The molecule has 0 spiro atoms. The van der Waals surface area contributed by atoms with Crippen molar-refractivity contribution in [2.75, 3.05) is 19.8 Å². The zero-order chi connectivity index (χ0) is 15.7. The molecule has 112 valence electrons. The summed E-state index contributed by atoms with van der Waals surface area (Å²) in [6.45, 7) is 2.86. The number of nitrogens with zero attached hydrogens (tertiary/aromatic N) is 1. The molecule has 0 aliphatic carbocycles. The van der Waals surface area contributed by atoms with Crippen LogP contribution >= 0.6 is 0 Å². The molecule has 1 aromatic carbocycles. The third-order valence-corrected chi connectivity index (χ3v) is 4.33. The number of carbonyl (C=O) groups is 1. The topological polar surface area (TPSA) is 92.5 Å². The van der Waals surface area contributed by atoms with Gasteiger partial charge in [0, 0.05) is 25.3 Å². The molecular weight excluding hydrogens is 285 g/mol. The fourth-order valence-electron chi connectivity index (χ4n) is 1.57. The normalized spacial score (nSPS) is 13.1. The highest BCUT2D eigenvalue weighted by Crippen LogP contribution is 2.21. The van der Waals surface area contributed by atoms with Crippen LogP contribution in [0.5, 0.6) is 0 Å². The maximum atomic E-state index is 13.5. The van der Waals surface area contributed by atoms with Crippen molar-refractivity contribution in [3.05, 3.63) is 23.5 Å². The lowest BCUT2D eigenvalue weighted by Gasteiger charge is -2.18. The van der Waals surface area contributed by atoms with Crippen molar-refractivity contribution < 1.29 is 17.6 Å². The summed E-state index contributed by atoms with van der Waals surface area (Å²) >= 11 is 0. The SMILES string of the molecule is Cc1c(N)cc(S(=O)(=O)NC(C)C(=O)N(C)C)cc1F. The van der Waals surface area contributed by atoms with Gasteiger partial charge in [-0.15, -0.1) is 0 Å². The summed E-state index contributed by atoms with van der Waals surface area (Å²) in [4.78, 5) is 12.6. The summed E-state index contributed by atoms with van der Waals surface area (Å²) in [7, 11) is -0.996. The highest BCUT2D eigenvalue weighted by Gasteiger charge is 2.24. The molecule has 0 saturated carbocycles. The number of sulfonamides is 1. The molecule has 1 amide bonds. The molecule has 0 aliphatic rings. The maximum absolute atomic E-state index is 13.5. The Morgan fingerprint density at radius 3 is 2.40 bits per heavy atom.